The van der Waals surface area contributed by atoms with Crippen LogP contribution in [0.25, 0.3) is 0 Å². The van der Waals surface area contributed by atoms with E-state index in [1.54, 1.807) is 24.1 Å². The average Bonchev–Trinajstić information content (AvgIpc) is 3.59. The summed E-state index contributed by atoms with van der Waals surface area (Å²) in [5.41, 5.74) is 1.24. The summed E-state index contributed by atoms with van der Waals surface area (Å²) in [6, 6.07) is 17.5. The predicted molar refractivity (Wildman–Crippen MR) is 109 cm³/mol. The van der Waals surface area contributed by atoms with Gasteiger partial charge in [0.25, 0.3) is 5.91 Å². The Balaban J connectivity index is 1.24. The third kappa shape index (κ3) is 4.36. The minimum atomic E-state index is -0.0726. The van der Waals surface area contributed by atoms with E-state index in [1.165, 1.54) is 5.56 Å². The quantitative estimate of drug-likeness (QED) is 0.756. The molecular weight excluding hydrogens is 368 g/mol. The Bertz CT molecular complexity index is 862. The zero-order valence-electron chi connectivity index (χ0n) is 16.6. The second-order valence-electron chi connectivity index (χ2n) is 7.50. The van der Waals surface area contributed by atoms with Crippen molar-refractivity contribution >= 4 is 11.8 Å². The number of methoxy groups -OCH3 is 1. The fourth-order valence-electron chi connectivity index (χ4n) is 3.92. The molecule has 2 atom stereocenters. The number of nitrogens with zero attached hydrogens (tertiary/aromatic N) is 2. The van der Waals surface area contributed by atoms with E-state index in [-0.39, 0.29) is 24.3 Å². The highest BCUT2D eigenvalue weighted by atomic mass is 16.5. The van der Waals surface area contributed by atoms with E-state index in [0.717, 1.165) is 6.42 Å². The minimum absolute atomic E-state index is 0.0347. The van der Waals surface area contributed by atoms with E-state index in [9.17, 15) is 9.59 Å². The lowest BCUT2D eigenvalue weighted by Crippen LogP contribution is -2.52. The van der Waals surface area contributed by atoms with Gasteiger partial charge < -0.3 is 19.3 Å². The molecule has 2 amide bonds. The smallest absolute Gasteiger partial charge is 0.260 e. The van der Waals surface area contributed by atoms with E-state index in [0.29, 0.717) is 43.6 Å². The van der Waals surface area contributed by atoms with Crippen molar-refractivity contribution in [3.63, 3.8) is 0 Å². The number of benzene rings is 2. The van der Waals surface area contributed by atoms with Gasteiger partial charge in [-0.1, -0.05) is 42.5 Å². The van der Waals surface area contributed by atoms with Gasteiger partial charge in [-0.05, 0) is 30.0 Å². The number of carbonyl (C=O) groups excluding carboxylic acids is 2. The van der Waals surface area contributed by atoms with Gasteiger partial charge in [0.2, 0.25) is 5.91 Å². The fourth-order valence-corrected chi connectivity index (χ4v) is 3.92. The number of piperazine rings is 1. The van der Waals surface area contributed by atoms with Crippen LogP contribution in [0.3, 0.4) is 0 Å². The van der Waals surface area contributed by atoms with E-state index >= 15 is 0 Å². The Morgan fingerprint density at radius 2 is 1.52 bits per heavy atom. The molecule has 152 valence electrons. The van der Waals surface area contributed by atoms with E-state index in [1.807, 2.05) is 35.2 Å². The molecule has 0 radical (unpaired) electrons. The zero-order valence-corrected chi connectivity index (χ0v) is 16.6. The van der Waals surface area contributed by atoms with Gasteiger partial charge in [-0.15, -0.1) is 0 Å². The van der Waals surface area contributed by atoms with Crippen molar-refractivity contribution in [1.29, 1.82) is 0 Å². The van der Waals surface area contributed by atoms with Gasteiger partial charge in [-0.25, -0.2) is 0 Å². The molecule has 0 bridgehead atoms. The Labute approximate surface area is 171 Å². The molecule has 6 nitrogen and oxygen atoms in total. The van der Waals surface area contributed by atoms with Gasteiger partial charge in [0, 0.05) is 32.1 Å². The van der Waals surface area contributed by atoms with Crippen molar-refractivity contribution in [2.24, 2.45) is 5.92 Å². The first-order valence-corrected chi connectivity index (χ1v) is 10.0. The number of ether oxygens (including phenoxy) is 2. The van der Waals surface area contributed by atoms with Crippen LogP contribution in [0.15, 0.2) is 54.6 Å². The summed E-state index contributed by atoms with van der Waals surface area (Å²) in [7, 11) is 1.57. The lowest BCUT2D eigenvalue weighted by molar-refractivity contribution is -0.141. The number of para-hydroxylation sites is 2. The first kappa shape index (κ1) is 19.3. The summed E-state index contributed by atoms with van der Waals surface area (Å²) in [6.07, 6.45) is 0.925. The Morgan fingerprint density at radius 1 is 0.897 bits per heavy atom. The normalized spacial score (nSPS) is 20.9. The first-order chi connectivity index (χ1) is 14.2. The number of amides is 2. The van der Waals surface area contributed by atoms with Gasteiger partial charge in [0.05, 0.1) is 7.11 Å². The maximum absolute atomic E-state index is 12.8. The van der Waals surface area contributed by atoms with Crippen molar-refractivity contribution in [1.82, 2.24) is 9.80 Å². The highest BCUT2D eigenvalue weighted by Crippen LogP contribution is 2.48. The third-order valence-corrected chi connectivity index (χ3v) is 5.70. The van der Waals surface area contributed by atoms with Gasteiger partial charge >= 0.3 is 0 Å². The van der Waals surface area contributed by atoms with Gasteiger partial charge in [0.1, 0.15) is 0 Å². The van der Waals surface area contributed by atoms with Crippen LogP contribution in [0, 0.1) is 5.92 Å². The molecule has 2 aliphatic rings. The maximum atomic E-state index is 12.8. The molecule has 4 rings (SSSR count). The second-order valence-corrected chi connectivity index (χ2v) is 7.50. The molecule has 1 aliphatic heterocycles. The number of rotatable bonds is 6. The molecule has 2 aromatic rings. The monoisotopic (exact) mass is 394 g/mol. The largest absolute Gasteiger partial charge is 0.493 e. The SMILES string of the molecule is COc1ccccc1OCC(=O)N1CCN(C(=O)[C@H]2C[C@@H]2c2ccccc2)CC1. The number of hydrogen-bond acceptors (Lipinski definition) is 4. The molecule has 1 saturated carbocycles. The molecule has 0 unspecified atom stereocenters. The Hall–Kier alpha value is -3.02. The average molecular weight is 394 g/mol. The zero-order chi connectivity index (χ0) is 20.2. The molecule has 1 aliphatic carbocycles. The molecule has 1 heterocycles. The van der Waals surface area contributed by atoms with Gasteiger partial charge in [-0.3, -0.25) is 9.59 Å². The van der Waals surface area contributed by atoms with Crippen LogP contribution < -0.4 is 9.47 Å². The highest BCUT2D eigenvalue weighted by Gasteiger charge is 2.46. The Morgan fingerprint density at radius 3 is 2.21 bits per heavy atom. The summed E-state index contributed by atoms with van der Waals surface area (Å²) in [6.45, 7) is 2.21. The molecule has 0 aromatic heterocycles. The van der Waals surface area contributed by atoms with Gasteiger partial charge in [0.15, 0.2) is 18.1 Å². The van der Waals surface area contributed by atoms with Crippen LogP contribution in [0.1, 0.15) is 17.9 Å². The molecule has 1 saturated heterocycles. The van der Waals surface area contributed by atoms with Crippen LogP contribution >= 0.6 is 0 Å². The standard InChI is InChI=1S/C23H26N2O4/c1-28-20-9-5-6-10-21(20)29-16-22(26)24-11-13-25(14-12-24)23(27)19-15-18(19)17-7-3-2-4-8-17/h2-10,18-19H,11-16H2,1H3/t18-,19+/m1/s1. The topological polar surface area (TPSA) is 59.1 Å². The molecule has 29 heavy (non-hydrogen) atoms. The first-order valence-electron chi connectivity index (χ1n) is 10.0. The number of carbonyl (C=O) groups is 2. The molecule has 6 heteroatoms. The van der Waals surface area contributed by atoms with Crippen molar-refractivity contribution in [3.05, 3.63) is 60.2 Å². The lowest BCUT2D eigenvalue weighted by atomic mass is 10.1. The van der Waals surface area contributed by atoms with Gasteiger partial charge in [-0.2, -0.15) is 0 Å². The number of hydrogen-bond donors (Lipinski definition) is 0. The highest BCUT2D eigenvalue weighted by molar-refractivity contribution is 5.83. The van der Waals surface area contributed by atoms with E-state index in [2.05, 4.69) is 12.1 Å². The van der Waals surface area contributed by atoms with Crippen molar-refractivity contribution in [2.75, 3.05) is 39.9 Å². The van der Waals surface area contributed by atoms with Crippen LogP contribution in [0.4, 0.5) is 0 Å². The molecule has 0 N–H and O–H groups in total. The Kier molecular flexibility index (Phi) is 5.69. The summed E-state index contributed by atoms with van der Waals surface area (Å²) >= 11 is 0. The van der Waals surface area contributed by atoms with E-state index in [4.69, 9.17) is 9.47 Å². The van der Waals surface area contributed by atoms with Crippen LogP contribution in [0.2, 0.25) is 0 Å². The van der Waals surface area contributed by atoms with Crippen LogP contribution in [-0.4, -0.2) is 61.5 Å². The summed E-state index contributed by atoms with van der Waals surface area (Å²) < 4.78 is 10.9. The molecule has 2 aromatic carbocycles. The maximum Gasteiger partial charge on any atom is 0.260 e. The molecular formula is C23H26N2O4. The lowest BCUT2D eigenvalue weighted by Gasteiger charge is -2.35. The van der Waals surface area contributed by atoms with Crippen LogP contribution in [-0.2, 0) is 9.59 Å². The molecule has 2 fully saturated rings. The minimum Gasteiger partial charge on any atom is -0.493 e. The molecule has 0 spiro atoms. The fraction of sp³-hybridized carbons (Fsp3) is 0.391. The van der Waals surface area contributed by atoms with Crippen LogP contribution in [0.5, 0.6) is 11.5 Å². The second kappa shape index (κ2) is 8.55. The predicted octanol–water partition coefficient (Wildman–Crippen LogP) is 2.55. The van der Waals surface area contributed by atoms with Crippen molar-refractivity contribution in [3.8, 4) is 11.5 Å². The summed E-state index contributed by atoms with van der Waals surface area (Å²) in [5, 5.41) is 0. The summed E-state index contributed by atoms with van der Waals surface area (Å²) in [5.74, 6) is 1.74. The third-order valence-electron chi connectivity index (χ3n) is 5.70. The van der Waals surface area contributed by atoms with E-state index < -0.39 is 0 Å². The van der Waals surface area contributed by atoms with Crippen molar-refractivity contribution in [2.45, 2.75) is 12.3 Å². The summed E-state index contributed by atoms with van der Waals surface area (Å²) in [4.78, 5) is 28.9. The van der Waals surface area contributed by atoms with Crippen molar-refractivity contribution < 1.29 is 19.1 Å².